The zero-order valence-corrected chi connectivity index (χ0v) is 21.3. The van der Waals surface area contributed by atoms with Crippen LogP contribution in [0.25, 0.3) is 0 Å². The van der Waals surface area contributed by atoms with E-state index >= 15 is 0 Å². The SMILES string of the molecule is CCCCCCCCCCC(CCCCCCCCCC)COC(=O)C(C)CCC. The Hall–Kier alpha value is -0.530. The highest BCUT2D eigenvalue weighted by molar-refractivity contribution is 5.71. The van der Waals surface area contributed by atoms with Crippen LogP contribution in [0, 0.1) is 11.8 Å². The van der Waals surface area contributed by atoms with E-state index < -0.39 is 0 Å². The summed E-state index contributed by atoms with van der Waals surface area (Å²) >= 11 is 0. The van der Waals surface area contributed by atoms with E-state index in [9.17, 15) is 4.79 Å². The maximum atomic E-state index is 12.2. The third kappa shape index (κ3) is 19.4. The van der Waals surface area contributed by atoms with E-state index in [4.69, 9.17) is 4.74 Å². The molecule has 0 saturated carbocycles. The van der Waals surface area contributed by atoms with E-state index in [0.29, 0.717) is 12.5 Å². The zero-order chi connectivity index (χ0) is 22.3. The second-order valence-corrected chi connectivity index (χ2v) is 9.71. The average Bonchev–Trinajstić information content (AvgIpc) is 2.74. The van der Waals surface area contributed by atoms with Gasteiger partial charge >= 0.3 is 5.97 Å². The monoisotopic (exact) mass is 424 g/mol. The van der Waals surface area contributed by atoms with Crippen LogP contribution in [-0.2, 0) is 9.53 Å². The number of hydrogen-bond donors (Lipinski definition) is 0. The molecule has 2 heteroatoms. The largest absolute Gasteiger partial charge is 0.465 e. The molecule has 0 aliphatic rings. The second-order valence-electron chi connectivity index (χ2n) is 9.71. The fourth-order valence-electron chi connectivity index (χ4n) is 4.34. The zero-order valence-electron chi connectivity index (χ0n) is 21.3. The quantitative estimate of drug-likeness (QED) is 0.120. The molecular formula is C28H56O2. The number of esters is 1. The molecule has 0 bridgehead atoms. The molecular weight excluding hydrogens is 368 g/mol. The van der Waals surface area contributed by atoms with Crippen molar-refractivity contribution in [2.24, 2.45) is 11.8 Å². The maximum Gasteiger partial charge on any atom is 0.308 e. The van der Waals surface area contributed by atoms with Gasteiger partial charge in [0.15, 0.2) is 0 Å². The molecule has 0 aliphatic carbocycles. The molecule has 1 unspecified atom stereocenters. The van der Waals surface area contributed by atoms with Gasteiger partial charge < -0.3 is 4.74 Å². The first-order valence-electron chi connectivity index (χ1n) is 13.8. The van der Waals surface area contributed by atoms with Crippen LogP contribution in [0.5, 0.6) is 0 Å². The van der Waals surface area contributed by atoms with Gasteiger partial charge in [0.1, 0.15) is 0 Å². The van der Waals surface area contributed by atoms with Crippen molar-refractivity contribution >= 4 is 5.97 Å². The van der Waals surface area contributed by atoms with Crippen molar-refractivity contribution in [2.45, 2.75) is 156 Å². The Labute approximate surface area is 190 Å². The van der Waals surface area contributed by atoms with Gasteiger partial charge in [0.2, 0.25) is 0 Å². The summed E-state index contributed by atoms with van der Waals surface area (Å²) in [6.07, 6.45) is 26.4. The second kappa shape index (κ2) is 23.1. The summed E-state index contributed by atoms with van der Waals surface area (Å²) in [6.45, 7) is 9.36. The molecule has 180 valence electrons. The first-order chi connectivity index (χ1) is 14.7. The van der Waals surface area contributed by atoms with Crippen molar-refractivity contribution in [1.29, 1.82) is 0 Å². The lowest BCUT2D eigenvalue weighted by molar-refractivity contribution is -0.149. The van der Waals surface area contributed by atoms with Crippen LogP contribution in [0.3, 0.4) is 0 Å². The van der Waals surface area contributed by atoms with Crippen LogP contribution >= 0.6 is 0 Å². The molecule has 2 nitrogen and oxygen atoms in total. The summed E-state index contributed by atoms with van der Waals surface area (Å²) in [5, 5.41) is 0. The predicted molar refractivity (Wildman–Crippen MR) is 133 cm³/mol. The van der Waals surface area contributed by atoms with Crippen LogP contribution in [0.2, 0.25) is 0 Å². The lowest BCUT2D eigenvalue weighted by atomic mass is 9.94. The summed E-state index contributed by atoms with van der Waals surface area (Å²) in [4.78, 5) is 12.2. The maximum absolute atomic E-state index is 12.2. The van der Waals surface area contributed by atoms with Gasteiger partial charge in [-0.2, -0.15) is 0 Å². The van der Waals surface area contributed by atoms with Crippen LogP contribution in [0.1, 0.15) is 156 Å². The van der Waals surface area contributed by atoms with Gasteiger partial charge in [0.25, 0.3) is 0 Å². The predicted octanol–water partition coefficient (Wildman–Crippen LogP) is 9.64. The van der Waals surface area contributed by atoms with Gasteiger partial charge in [0.05, 0.1) is 12.5 Å². The van der Waals surface area contributed by atoms with Crippen LogP contribution in [-0.4, -0.2) is 12.6 Å². The minimum atomic E-state index is 0.0219. The molecule has 0 aliphatic heterocycles. The van der Waals surface area contributed by atoms with Gasteiger partial charge in [-0.1, -0.05) is 137 Å². The summed E-state index contributed by atoms with van der Waals surface area (Å²) < 4.78 is 5.72. The van der Waals surface area contributed by atoms with Crippen molar-refractivity contribution in [3.05, 3.63) is 0 Å². The molecule has 0 fully saturated rings. The molecule has 0 saturated heterocycles. The van der Waals surface area contributed by atoms with Crippen LogP contribution in [0.4, 0.5) is 0 Å². The number of ether oxygens (including phenoxy) is 1. The number of hydrogen-bond acceptors (Lipinski definition) is 2. The highest BCUT2D eigenvalue weighted by Gasteiger charge is 2.16. The normalized spacial score (nSPS) is 12.4. The molecule has 0 aromatic heterocycles. The average molecular weight is 425 g/mol. The molecule has 0 N–H and O–H groups in total. The Morgan fingerprint density at radius 2 is 0.967 bits per heavy atom. The van der Waals surface area contributed by atoms with Crippen molar-refractivity contribution in [2.75, 3.05) is 6.61 Å². The fourth-order valence-corrected chi connectivity index (χ4v) is 4.34. The number of unbranched alkanes of at least 4 members (excludes halogenated alkanes) is 14. The van der Waals surface area contributed by atoms with E-state index in [1.807, 2.05) is 6.92 Å². The Morgan fingerprint density at radius 1 is 0.567 bits per heavy atom. The summed E-state index contributed by atoms with van der Waals surface area (Å²) in [7, 11) is 0. The minimum Gasteiger partial charge on any atom is -0.465 e. The molecule has 0 amide bonds. The summed E-state index contributed by atoms with van der Waals surface area (Å²) in [6, 6.07) is 0. The summed E-state index contributed by atoms with van der Waals surface area (Å²) in [5.74, 6) is 0.651. The van der Waals surface area contributed by atoms with Crippen molar-refractivity contribution in [3.63, 3.8) is 0 Å². The smallest absolute Gasteiger partial charge is 0.308 e. The van der Waals surface area contributed by atoms with Crippen LogP contribution < -0.4 is 0 Å². The van der Waals surface area contributed by atoms with E-state index in [1.54, 1.807) is 0 Å². The van der Waals surface area contributed by atoms with Gasteiger partial charge in [-0.15, -0.1) is 0 Å². The van der Waals surface area contributed by atoms with Gasteiger partial charge in [-0.3, -0.25) is 4.79 Å². The van der Waals surface area contributed by atoms with Crippen LogP contribution in [0.15, 0.2) is 0 Å². The molecule has 1 atom stereocenters. The molecule has 0 rings (SSSR count). The Morgan fingerprint density at radius 3 is 1.37 bits per heavy atom. The first-order valence-corrected chi connectivity index (χ1v) is 13.8. The van der Waals surface area contributed by atoms with E-state index in [0.717, 1.165) is 12.8 Å². The van der Waals surface area contributed by atoms with E-state index in [-0.39, 0.29) is 11.9 Å². The van der Waals surface area contributed by atoms with E-state index in [1.165, 1.54) is 116 Å². The molecule has 30 heavy (non-hydrogen) atoms. The lowest BCUT2D eigenvalue weighted by Gasteiger charge is -2.19. The Kier molecular flexibility index (Phi) is 22.7. The van der Waals surface area contributed by atoms with Gasteiger partial charge in [-0.05, 0) is 25.2 Å². The number of rotatable bonds is 23. The number of carbonyl (C=O) groups is 1. The summed E-state index contributed by atoms with van der Waals surface area (Å²) in [5.41, 5.74) is 0. The van der Waals surface area contributed by atoms with E-state index in [2.05, 4.69) is 20.8 Å². The minimum absolute atomic E-state index is 0.0219. The lowest BCUT2D eigenvalue weighted by Crippen LogP contribution is -2.19. The first kappa shape index (κ1) is 29.5. The topological polar surface area (TPSA) is 26.3 Å². The third-order valence-corrected chi connectivity index (χ3v) is 6.52. The van der Waals surface area contributed by atoms with Crippen molar-refractivity contribution in [3.8, 4) is 0 Å². The van der Waals surface area contributed by atoms with Gasteiger partial charge in [0, 0.05) is 0 Å². The molecule has 0 aromatic rings. The van der Waals surface area contributed by atoms with Crippen molar-refractivity contribution < 1.29 is 9.53 Å². The Bertz CT molecular complexity index is 333. The number of carbonyl (C=O) groups excluding carboxylic acids is 1. The third-order valence-electron chi connectivity index (χ3n) is 6.52. The molecule has 0 aromatic carbocycles. The molecule has 0 spiro atoms. The standard InChI is InChI=1S/C28H56O2/c1-5-8-10-12-14-16-18-20-23-27(25-30-28(29)26(4)22-7-3)24-21-19-17-15-13-11-9-6-2/h26-27H,5-25H2,1-4H3. The highest BCUT2D eigenvalue weighted by Crippen LogP contribution is 2.21. The Balaban J connectivity index is 4.05. The van der Waals surface area contributed by atoms with Crippen molar-refractivity contribution in [1.82, 2.24) is 0 Å². The highest BCUT2D eigenvalue weighted by atomic mass is 16.5. The van der Waals surface area contributed by atoms with Gasteiger partial charge in [-0.25, -0.2) is 0 Å². The fraction of sp³-hybridized carbons (Fsp3) is 0.964. The molecule has 0 heterocycles. The molecule has 0 radical (unpaired) electrons.